The normalized spacial score (nSPS) is 19.4. The Labute approximate surface area is 133 Å². The molecule has 1 aromatic rings. The van der Waals surface area contributed by atoms with E-state index in [0.29, 0.717) is 12.3 Å². The molecule has 4 nitrogen and oxygen atoms in total. The first-order valence-corrected chi connectivity index (χ1v) is 7.70. The zero-order valence-electron chi connectivity index (χ0n) is 13.0. The molecule has 1 fully saturated rings. The number of amides is 1. The van der Waals surface area contributed by atoms with Crippen LogP contribution in [0.2, 0.25) is 0 Å². The minimum atomic E-state index is -3.09. The van der Waals surface area contributed by atoms with Crippen LogP contribution in [0, 0.1) is 17.7 Å². The fraction of sp³-hybridized carbons (Fsp3) is 0.562. The number of piperidine rings is 1. The van der Waals surface area contributed by atoms with E-state index in [1.54, 1.807) is 0 Å². The predicted molar refractivity (Wildman–Crippen MR) is 81.0 cm³/mol. The van der Waals surface area contributed by atoms with Crippen LogP contribution in [-0.4, -0.2) is 25.6 Å². The molecule has 1 saturated heterocycles. The minimum Gasteiger partial charge on any atom is -0.432 e. The van der Waals surface area contributed by atoms with Crippen LogP contribution in [0.5, 0.6) is 5.75 Å². The van der Waals surface area contributed by atoms with Crippen molar-refractivity contribution in [1.29, 1.82) is 0 Å². The van der Waals surface area contributed by atoms with Crippen LogP contribution >= 0.6 is 0 Å². The van der Waals surface area contributed by atoms with Crippen molar-refractivity contribution in [2.45, 2.75) is 32.8 Å². The van der Waals surface area contributed by atoms with Gasteiger partial charge in [0.1, 0.15) is 0 Å². The van der Waals surface area contributed by atoms with Gasteiger partial charge in [0.25, 0.3) is 0 Å². The Morgan fingerprint density at radius 1 is 1.48 bits per heavy atom. The maximum Gasteiger partial charge on any atom is 0.387 e. The number of benzene rings is 1. The molecule has 0 bridgehead atoms. The third-order valence-electron chi connectivity index (χ3n) is 4.08. The lowest BCUT2D eigenvalue weighted by Gasteiger charge is -2.28. The molecule has 1 aliphatic heterocycles. The van der Waals surface area contributed by atoms with Gasteiger partial charge in [-0.1, -0.05) is 6.92 Å². The summed E-state index contributed by atoms with van der Waals surface area (Å²) < 4.78 is 41.8. The van der Waals surface area contributed by atoms with Crippen molar-refractivity contribution in [2.24, 2.45) is 11.8 Å². The van der Waals surface area contributed by atoms with Gasteiger partial charge in [0.05, 0.1) is 0 Å². The van der Waals surface area contributed by atoms with Crippen molar-refractivity contribution in [2.75, 3.05) is 18.4 Å². The molecule has 1 heterocycles. The Morgan fingerprint density at radius 2 is 2.26 bits per heavy atom. The summed E-state index contributed by atoms with van der Waals surface area (Å²) >= 11 is 0. The molecule has 1 amide bonds. The molecule has 2 N–H and O–H groups in total. The number of hydrogen-bond acceptors (Lipinski definition) is 3. The molecular formula is C16H21F3N2O2. The average Bonchev–Trinajstić information content (AvgIpc) is 2.50. The van der Waals surface area contributed by atoms with Gasteiger partial charge in [-0.3, -0.25) is 4.79 Å². The number of carbonyl (C=O) groups excluding carboxylic acids is 1. The third kappa shape index (κ3) is 5.42. The molecule has 0 aromatic heterocycles. The van der Waals surface area contributed by atoms with Crippen molar-refractivity contribution >= 4 is 11.6 Å². The Bertz CT molecular complexity index is 534. The van der Waals surface area contributed by atoms with E-state index in [2.05, 4.69) is 15.4 Å². The quantitative estimate of drug-likeness (QED) is 0.840. The smallest absolute Gasteiger partial charge is 0.387 e. The molecule has 128 valence electrons. The maximum absolute atomic E-state index is 13.6. The molecule has 0 radical (unpaired) electrons. The van der Waals surface area contributed by atoms with E-state index in [0.717, 1.165) is 38.1 Å². The van der Waals surface area contributed by atoms with Crippen LogP contribution in [0.4, 0.5) is 18.9 Å². The van der Waals surface area contributed by atoms with Gasteiger partial charge in [0.15, 0.2) is 11.6 Å². The highest BCUT2D eigenvalue weighted by Crippen LogP contribution is 2.25. The fourth-order valence-corrected chi connectivity index (χ4v) is 2.81. The third-order valence-corrected chi connectivity index (χ3v) is 4.08. The molecule has 0 aliphatic carbocycles. The van der Waals surface area contributed by atoms with E-state index in [-0.39, 0.29) is 17.5 Å². The van der Waals surface area contributed by atoms with Crippen LogP contribution in [0.1, 0.15) is 26.2 Å². The second-order valence-electron chi connectivity index (χ2n) is 5.86. The summed E-state index contributed by atoms with van der Waals surface area (Å²) in [6.45, 7) is 0.858. The number of ether oxygens (including phenoxy) is 1. The molecule has 0 spiro atoms. The number of hydrogen-bond donors (Lipinski definition) is 2. The van der Waals surface area contributed by atoms with Crippen LogP contribution in [-0.2, 0) is 4.79 Å². The lowest BCUT2D eigenvalue weighted by Crippen LogP contribution is -2.34. The number of halogens is 3. The SMILES string of the molecule is CC(CC(=O)Nc1ccc(OC(F)F)c(F)c1)C1CCCNC1. The van der Waals surface area contributed by atoms with E-state index in [9.17, 15) is 18.0 Å². The number of alkyl halides is 2. The van der Waals surface area contributed by atoms with E-state index in [1.165, 1.54) is 6.07 Å². The molecule has 1 aliphatic rings. The molecule has 0 saturated carbocycles. The van der Waals surface area contributed by atoms with Gasteiger partial charge < -0.3 is 15.4 Å². The Morgan fingerprint density at radius 3 is 2.87 bits per heavy atom. The van der Waals surface area contributed by atoms with Gasteiger partial charge in [-0.25, -0.2) is 4.39 Å². The first-order chi connectivity index (χ1) is 11.0. The molecule has 23 heavy (non-hydrogen) atoms. The topological polar surface area (TPSA) is 50.4 Å². The summed E-state index contributed by atoms with van der Waals surface area (Å²) in [6, 6.07) is 3.39. The van der Waals surface area contributed by atoms with Crippen molar-refractivity contribution in [1.82, 2.24) is 5.32 Å². The van der Waals surface area contributed by atoms with Crippen LogP contribution < -0.4 is 15.4 Å². The van der Waals surface area contributed by atoms with E-state index >= 15 is 0 Å². The number of carbonyl (C=O) groups is 1. The fourth-order valence-electron chi connectivity index (χ4n) is 2.81. The van der Waals surface area contributed by atoms with Gasteiger partial charge in [0, 0.05) is 18.2 Å². The van der Waals surface area contributed by atoms with Crippen molar-refractivity contribution < 1.29 is 22.7 Å². The molecule has 2 unspecified atom stereocenters. The highest BCUT2D eigenvalue weighted by molar-refractivity contribution is 5.90. The van der Waals surface area contributed by atoms with Crippen LogP contribution in [0.25, 0.3) is 0 Å². The summed E-state index contributed by atoms with van der Waals surface area (Å²) in [5.41, 5.74) is 0.225. The largest absolute Gasteiger partial charge is 0.432 e. The zero-order chi connectivity index (χ0) is 16.8. The lowest BCUT2D eigenvalue weighted by molar-refractivity contribution is -0.117. The highest BCUT2D eigenvalue weighted by atomic mass is 19.3. The van der Waals surface area contributed by atoms with Crippen molar-refractivity contribution in [3.05, 3.63) is 24.0 Å². The zero-order valence-corrected chi connectivity index (χ0v) is 13.0. The van der Waals surface area contributed by atoms with Crippen molar-refractivity contribution in [3.8, 4) is 5.75 Å². The van der Waals surface area contributed by atoms with E-state index < -0.39 is 18.2 Å². The van der Waals surface area contributed by atoms with Gasteiger partial charge >= 0.3 is 6.61 Å². The van der Waals surface area contributed by atoms with E-state index in [4.69, 9.17) is 0 Å². The molecule has 2 rings (SSSR count). The van der Waals surface area contributed by atoms with Crippen molar-refractivity contribution in [3.63, 3.8) is 0 Å². The summed E-state index contributed by atoms with van der Waals surface area (Å²) in [7, 11) is 0. The summed E-state index contributed by atoms with van der Waals surface area (Å²) in [5.74, 6) is -1.03. The molecule has 7 heteroatoms. The summed E-state index contributed by atoms with van der Waals surface area (Å²) in [4.78, 5) is 12.0. The van der Waals surface area contributed by atoms with Gasteiger partial charge in [-0.2, -0.15) is 8.78 Å². The van der Waals surface area contributed by atoms with Gasteiger partial charge in [-0.15, -0.1) is 0 Å². The Hall–Kier alpha value is -1.76. The second-order valence-corrected chi connectivity index (χ2v) is 5.86. The summed E-state index contributed by atoms with van der Waals surface area (Å²) in [5, 5.41) is 5.90. The summed E-state index contributed by atoms with van der Waals surface area (Å²) in [6.07, 6.45) is 2.53. The standard InChI is InChI=1S/C16H21F3N2O2/c1-10(11-3-2-6-20-9-11)7-15(22)21-12-4-5-14(13(17)8-12)23-16(18)19/h4-5,8,10-11,16,20H,2-3,6-7,9H2,1H3,(H,21,22). The monoisotopic (exact) mass is 330 g/mol. The lowest BCUT2D eigenvalue weighted by atomic mass is 9.85. The highest BCUT2D eigenvalue weighted by Gasteiger charge is 2.22. The minimum absolute atomic E-state index is 0.217. The van der Waals surface area contributed by atoms with Gasteiger partial charge in [0.2, 0.25) is 5.91 Å². The average molecular weight is 330 g/mol. The Balaban J connectivity index is 1.88. The number of nitrogens with one attached hydrogen (secondary N) is 2. The number of anilines is 1. The Kier molecular flexibility index (Phi) is 6.27. The molecule has 2 atom stereocenters. The maximum atomic E-state index is 13.6. The van der Waals surface area contributed by atoms with E-state index in [1.807, 2.05) is 6.92 Å². The first-order valence-electron chi connectivity index (χ1n) is 7.70. The second kappa shape index (κ2) is 8.19. The van der Waals surface area contributed by atoms with Gasteiger partial charge in [-0.05, 0) is 49.9 Å². The van der Waals surface area contributed by atoms with Crippen LogP contribution in [0.15, 0.2) is 18.2 Å². The first kappa shape index (κ1) is 17.6. The van der Waals surface area contributed by atoms with Crippen LogP contribution in [0.3, 0.4) is 0 Å². The molecular weight excluding hydrogens is 309 g/mol. The molecule has 1 aromatic carbocycles. The number of rotatable bonds is 6. The predicted octanol–water partition coefficient (Wildman–Crippen LogP) is 3.39.